The van der Waals surface area contributed by atoms with Crippen molar-refractivity contribution in [1.82, 2.24) is 24.7 Å². The van der Waals surface area contributed by atoms with Gasteiger partial charge >= 0.3 is 0 Å². The topological polar surface area (TPSA) is 68.5 Å². The molecule has 0 aliphatic carbocycles. The van der Waals surface area contributed by atoms with E-state index in [0.29, 0.717) is 5.82 Å². The highest BCUT2D eigenvalue weighted by Crippen LogP contribution is 2.22. The Balaban J connectivity index is 1.63. The van der Waals surface area contributed by atoms with Crippen LogP contribution in [0.3, 0.4) is 0 Å². The number of nitrogens with zero attached hydrogens (tertiary/aromatic N) is 5. The molecule has 3 aromatic heterocycles. The molecule has 4 aromatic rings. The van der Waals surface area contributed by atoms with Crippen LogP contribution >= 0.6 is 0 Å². The number of nitrogens with one attached hydrogen (secondary N) is 1. The highest BCUT2D eigenvalue weighted by atomic mass is 15.2. The maximum atomic E-state index is 4.64. The second-order valence-corrected chi connectivity index (χ2v) is 5.60. The lowest BCUT2D eigenvalue weighted by molar-refractivity contribution is 0.931. The number of aryl methyl sites for hydroxylation is 2. The molecule has 0 bridgehead atoms. The third kappa shape index (κ3) is 2.58. The Morgan fingerprint density at radius 1 is 0.958 bits per heavy atom. The summed E-state index contributed by atoms with van der Waals surface area (Å²) in [6, 6.07) is 15.7. The third-order valence-corrected chi connectivity index (χ3v) is 3.86. The standard InChI is InChI=1S/C18H16N6/c1-12-7-8-13(11-19-12)20-17-10-9-15(22-23-17)18-21-14-5-3-4-6-16(14)24(18)2/h3-11H,1-2H3,(H,20,23). The second-order valence-electron chi connectivity index (χ2n) is 5.60. The number of hydrogen-bond donors (Lipinski definition) is 1. The average molecular weight is 316 g/mol. The number of imidazole rings is 1. The Labute approximate surface area is 139 Å². The zero-order valence-electron chi connectivity index (χ0n) is 13.4. The van der Waals surface area contributed by atoms with Crippen molar-refractivity contribution in [2.75, 3.05) is 5.32 Å². The Hall–Kier alpha value is -3.28. The summed E-state index contributed by atoms with van der Waals surface area (Å²) in [4.78, 5) is 8.89. The van der Waals surface area contributed by atoms with E-state index in [9.17, 15) is 0 Å². The van der Waals surface area contributed by atoms with Crippen LogP contribution in [0.2, 0.25) is 0 Å². The lowest BCUT2D eigenvalue weighted by atomic mass is 10.3. The van der Waals surface area contributed by atoms with E-state index < -0.39 is 0 Å². The smallest absolute Gasteiger partial charge is 0.161 e. The van der Waals surface area contributed by atoms with E-state index in [4.69, 9.17) is 0 Å². The average Bonchev–Trinajstić information content (AvgIpc) is 2.95. The van der Waals surface area contributed by atoms with E-state index >= 15 is 0 Å². The van der Waals surface area contributed by atoms with Gasteiger partial charge in [-0.1, -0.05) is 12.1 Å². The molecular formula is C18H16N6. The van der Waals surface area contributed by atoms with E-state index in [1.165, 1.54) is 0 Å². The van der Waals surface area contributed by atoms with Crippen molar-refractivity contribution in [3.8, 4) is 11.5 Å². The van der Waals surface area contributed by atoms with Gasteiger partial charge in [0.15, 0.2) is 11.6 Å². The fourth-order valence-corrected chi connectivity index (χ4v) is 2.58. The van der Waals surface area contributed by atoms with Crippen LogP contribution in [0.5, 0.6) is 0 Å². The molecule has 1 aromatic carbocycles. The van der Waals surface area contributed by atoms with Crippen LogP contribution in [-0.2, 0) is 7.05 Å². The van der Waals surface area contributed by atoms with Gasteiger partial charge in [-0.2, -0.15) is 0 Å². The van der Waals surface area contributed by atoms with Crippen molar-refractivity contribution in [3.63, 3.8) is 0 Å². The fraction of sp³-hybridized carbons (Fsp3) is 0.111. The predicted octanol–water partition coefficient (Wildman–Crippen LogP) is 3.48. The summed E-state index contributed by atoms with van der Waals surface area (Å²) >= 11 is 0. The first-order chi connectivity index (χ1) is 11.7. The van der Waals surface area contributed by atoms with Gasteiger partial charge in [-0.25, -0.2) is 4.98 Å². The molecule has 0 unspecified atom stereocenters. The molecule has 0 aliphatic rings. The summed E-state index contributed by atoms with van der Waals surface area (Å²) in [7, 11) is 1.98. The van der Waals surface area contributed by atoms with Crippen molar-refractivity contribution < 1.29 is 0 Å². The molecule has 0 fully saturated rings. The zero-order valence-corrected chi connectivity index (χ0v) is 13.4. The lowest BCUT2D eigenvalue weighted by Crippen LogP contribution is -1.99. The van der Waals surface area contributed by atoms with Gasteiger partial charge in [-0.15, -0.1) is 10.2 Å². The second kappa shape index (κ2) is 5.73. The van der Waals surface area contributed by atoms with E-state index in [1.54, 1.807) is 6.20 Å². The summed E-state index contributed by atoms with van der Waals surface area (Å²) < 4.78 is 2.02. The van der Waals surface area contributed by atoms with Crippen LogP contribution in [0, 0.1) is 6.92 Å². The highest BCUT2D eigenvalue weighted by Gasteiger charge is 2.11. The molecule has 3 heterocycles. The van der Waals surface area contributed by atoms with Crippen LogP contribution in [0.1, 0.15) is 5.69 Å². The van der Waals surface area contributed by atoms with Gasteiger partial charge in [-0.3, -0.25) is 4.98 Å². The Bertz CT molecular complexity index is 986. The van der Waals surface area contributed by atoms with Crippen molar-refractivity contribution in [2.45, 2.75) is 6.92 Å². The summed E-state index contributed by atoms with van der Waals surface area (Å²) in [5.41, 5.74) is 4.61. The van der Waals surface area contributed by atoms with Crippen LogP contribution in [0.4, 0.5) is 11.5 Å². The lowest BCUT2D eigenvalue weighted by Gasteiger charge is -2.06. The third-order valence-electron chi connectivity index (χ3n) is 3.86. The molecule has 6 nitrogen and oxygen atoms in total. The molecule has 0 saturated carbocycles. The molecule has 0 radical (unpaired) electrons. The summed E-state index contributed by atoms with van der Waals surface area (Å²) in [6.45, 7) is 1.95. The van der Waals surface area contributed by atoms with Gasteiger partial charge in [-0.05, 0) is 43.3 Å². The van der Waals surface area contributed by atoms with Gasteiger partial charge in [0.05, 0.1) is 22.9 Å². The van der Waals surface area contributed by atoms with Crippen LogP contribution in [0.15, 0.2) is 54.7 Å². The van der Waals surface area contributed by atoms with Crippen molar-refractivity contribution in [2.24, 2.45) is 7.05 Å². The maximum Gasteiger partial charge on any atom is 0.161 e. The number of fused-ring (bicyclic) bond motifs is 1. The minimum atomic E-state index is 0.670. The molecule has 0 spiro atoms. The summed E-state index contributed by atoms with van der Waals surface area (Å²) in [5, 5.41) is 11.7. The van der Waals surface area contributed by atoms with Crippen molar-refractivity contribution in [1.29, 1.82) is 0 Å². The normalized spacial score (nSPS) is 10.9. The summed E-state index contributed by atoms with van der Waals surface area (Å²) in [6.07, 6.45) is 1.77. The minimum Gasteiger partial charge on any atom is -0.337 e. The fourth-order valence-electron chi connectivity index (χ4n) is 2.58. The van der Waals surface area contributed by atoms with Gasteiger partial charge in [0, 0.05) is 12.7 Å². The minimum absolute atomic E-state index is 0.670. The first-order valence-electron chi connectivity index (χ1n) is 7.66. The molecule has 0 saturated heterocycles. The number of para-hydroxylation sites is 2. The number of rotatable bonds is 3. The Morgan fingerprint density at radius 2 is 1.83 bits per heavy atom. The Kier molecular flexibility index (Phi) is 3.42. The molecule has 0 amide bonds. The zero-order chi connectivity index (χ0) is 16.5. The number of hydrogen-bond acceptors (Lipinski definition) is 5. The molecule has 0 aliphatic heterocycles. The van der Waals surface area contributed by atoms with E-state index in [1.807, 2.05) is 67.1 Å². The van der Waals surface area contributed by atoms with E-state index in [0.717, 1.165) is 33.9 Å². The number of aromatic nitrogens is 5. The molecular weight excluding hydrogens is 300 g/mol. The maximum absolute atomic E-state index is 4.64. The van der Waals surface area contributed by atoms with Gasteiger partial charge in [0.25, 0.3) is 0 Å². The first-order valence-corrected chi connectivity index (χ1v) is 7.66. The number of anilines is 2. The largest absolute Gasteiger partial charge is 0.337 e. The number of pyridine rings is 1. The Morgan fingerprint density at radius 3 is 2.54 bits per heavy atom. The van der Waals surface area contributed by atoms with Crippen molar-refractivity contribution in [3.05, 3.63) is 60.4 Å². The molecule has 4 rings (SSSR count). The van der Waals surface area contributed by atoms with Gasteiger partial charge < -0.3 is 9.88 Å². The SMILES string of the molecule is Cc1ccc(Nc2ccc(-c3nc4ccccc4n3C)nn2)cn1. The quantitative estimate of drug-likeness (QED) is 0.627. The molecule has 0 atom stereocenters. The highest BCUT2D eigenvalue weighted by molar-refractivity contribution is 5.79. The molecule has 24 heavy (non-hydrogen) atoms. The number of benzene rings is 1. The molecule has 6 heteroatoms. The van der Waals surface area contributed by atoms with E-state index in [2.05, 4.69) is 25.5 Å². The van der Waals surface area contributed by atoms with E-state index in [-0.39, 0.29) is 0 Å². The molecule has 1 N–H and O–H groups in total. The van der Waals surface area contributed by atoms with Crippen LogP contribution in [-0.4, -0.2) is 24.7 Å². The monoisotopic (exact) mass is 316 g/mol. The van der Waals surface area contributed by atoms with Crippen LogP contribution < -0.4 is 5.32 Å². The molecule has 118 valence electrons. The van der Waals surface area contributed by atoms with Crippen molar-refractivity contribution >= 4 is 22.5 Å². The van der Waals surface area contributed by atoms with Crippen LogP contribution in [0.25, 0.3) is 22.6 Å². The predicted molar refractivity (Wildman–Crippen MR) is 94.0 cm³/mol. The first kappa shape index (κ1) is 14.3. The van der Waals surface area contributed by atoms with Gasteiger partial charge in [0.2, 0.25) is 0 Å². The summed E-state index contributed by atoms with van der Waals surface area (Å²) in [5.74, 6) is 1.47. The van der Waals surface area contributed by atoms with Gasteiger partial charge in [0.1, 0.15) is 5.69 Å².